The first-order valence-electron chi connectivity index (χ1n) is 11.7. The van der Waals surface area contributed by atoms with E-state index in [9.17, 15) is 4.79 Å². The molecule has 0 atom stereocenters. The predicted molar refractivity (Wildman–Crippen MR) is 114 cm³/mol. The number of piperazine rings is 1. The number of anilines is 1. The fourth-order valence-corrected chi connectivity index (χ4v) is 6.86. The van der Waals surface area contributed by atoms with Gasteiger partial charge in [0.1, 0.15) is 0 Å². The smallest absolute Gasteiger partial charge is 0.226 e. The molecule has 6 heteroatoms. The lowest BCUT2D eigenvalue weighted by Crippen LogP contribution is -2.53. The standard InChI is InChI=1S/C23H35N5O/c29-21(23-15-18-12-19(16-23)14-20(13-18)17-23)24-4-1-2-7-27-8-10-28(11-9-27)22-25-5-3-6-26-22/h3,5-6,18-20H,1-2,4,7-17H2,(H,24,29). The molecule has 0 radical (unpaired) electrons. The van der Waals surface area contributed by atoms with Crippen LogP contribution in [0.1, 0.15) is 51.4 Å². The van der Waals surface area contributed by atoms with E-state index >= 15 is 0 Å². The maximum atomic E-state index is 13.0. The zero-order valence-electron chi connectivity index (χ0n) is 17.6. The monoisotopic (exact) mass is 397 g/mol. The van der Waals surface area contributed by atoms with Crippen molar-refractivity contribution in [1.29, 1.82) is 0 Å². The van der Waals surface area contributed by atoms with Crippen molar-refractivity contribution < 1.29 is 4.79 Å². The molecule has 4 bridgehead atoms. The molecule has 2 heterocycles. The molecule has 1 aromatic rings. The molecule has 0 spiro atoms. The number of nitrogens with one attached hydrogen (secondary N) is 1. The van der Waals surface area contributed by atoms with Crippen LogP contribution >= 0.6 is 0 Å². The molecule has 6 nitrogen and oxygen atoms in total. The molecule has 158 valence electrons. The van der Waals surface area contributed by atoms with Gasteiger partial charge in [0, 0.05) is 50.5 Å². The zero-order chi connectivity index (χ0) is 19.7. The van der Waals surface area contributed by atoms with Gasteiger partial charge >= 0.3 is 0 Å². The van der Waals surface area contributed by atoms with Crippen LogP contribution in [0.4, 0.5) is 5.95 Å². The number of unbranched alkanes of at least 4 members (excludes halogenated alkanes) is 1. The summed E-state index contributed by atoms with van der Waals surface area (Å²) in [5.41, 5.74) is 0.00455. The van der Waals surface area contributed by atoms with E-state index in [1.165, 1.54) is 38.5 Å². The van der Waals surface area contributed by atoms with Crippen LogP contribution in [-0.4, -0.2) is 60.0 Å². The number of amides is 1. The first-order chi connectivity index (χ1) is 14.2. The molecular weight excluding hydrogens is 362 g/mol. The zero-order valence-corrected chi connectivity index (χ0v) is 17.6. The Morgan fingerprint density at radius 2 is 1.59 bits per heavy atom. The third-order valence-corrected chi connectivity index (χ3v) is 7.91. The number of aromatic nitrogens is 2. The van der Waals surface area contributed by atoms with Gasteiger partial charge in [-0.15, -0.1) is 0 Å². The Balaban J connectivity index is 0.995. The lowest BCUT2D eigenvalue weighted by molar-refractivity contribution is -0.146. The summed E-state index contributed by atoms with van der Waals surface area (Å²) in [5.74, 6) is 3.75. The molecule has 4 aliphatic carbocycles. The van der Waals surface area contributed by atoms with Crippen molar-refractivity contribution in [3.63, 3.8) is 0 Å². The Hall–Kier alpha value is -1.69. The van der Waals surface area contributed by atoms with Gasteiger partial charge in [0.25, 0.3) is 0 Å². The maximum Gasteiger partial charge on any atom is 0.226 e. The summed E-state index contributed by atoms with van der Waals surface area (Å²) in [5, 5.41) is 3.32. The van der Waals surface area contributed by atoms with E-state index in [2.05, 4.69) is 25.1 Å². The Bertz CT molecular complexity index is 665. The third-order valence-electron chi connectivity index (χ3n) is 7.91. The van der Waals surface area contributed by atoms with Crippen LogP contribution in [-0.2, 0) is 4.79 Å². The second-order valence-corrected chi connectivity index (χ2v) is 10.0. The molecule has 0 unspecified atom stereocenters. The largest absolute Gasteiger partial charge is 0.356 e. The highest BCUT2D eigenvalue weighted by molar-refractivity contribution is 5.83. The summed E-state index contributed by atoms with van der Waals surface area (Å²) in [7, 11) is 0. The molecule has 5 fully saturated rings. The normalized spacial score (nSPS) is 33.8. The van der Waals surface area contributed by atoms with E-state index in [-0.39, 0.29) is 5.41 Å². The molecule has 1 N–H and O–H groups in total. The van der Waals surface area contributed by atoms with Crippen LogP contribution in [0.15, 0.2) is 18.5 Å². The highest BCUT2D eigenvalue weighted by atomic mass is 16.2. The van der Waals surface area contributed by atoms with Crippen molar-refractivity contribution in [2.24, 2.45) is 23.2 Å². The quantitative estimate of drug-likeness (QED) is 0.717. The van der Waals surface area contributed by atoms with E-state index in [0.29, 0.717) is 5.91 Å². The SMILES string of the molecule is O=C(NCCCCN1CCN(c2ncccn2)CC1)C12CC3CC(CC(C3)C1)C2. The molecule has 1 amide bonds. The van der Waals surface area contributed by atoms with Crippen LogP contribution in [0.2, 0.25) is 0 Å². The predicted octanol–water partition coefficient (Wildman–Crippen LogP) is 2.71. The topological polar surface area (TPSA) is 61.4 Å². The molecule has 6 rings (SSSR count). The molecule has 1 aliphatic heterocycles. The van der Waals surface area contributed by atoms with Gasteiger partial charge in [0.2, 0.25) is 11.9 Å². The Labute approximate surface area is 174 Å². The van der Waals surface area contributed by atoms with Crippen molar-refractivity contribution >= 4 is 11.9 Å². The molecule has 4 saturated carbocycles. The first-order valence-corrected chi connectivity index (χ1v) is 11.7. The second kappa shape index (κ2) is 8.21. The molecule has 5 aliphatic rings. The van der Waals surface area contributed by atoms with Crippen LogP contribution in [0.3, 0.4) is 0 Å². The summed E-state index contributed by atoms with van der Waals surface area (Å²) in [6, 6.07) is 1.86. The molecule has 29 heavy (non-hydrogen) atoms. The van der Waals surface area contributed by atoms with Crippen molar-refractivity contribution in [3.8, 4) is 0 Å². The number of hydrogen-bond donors (Lipinski definition) is 1. The van der Waals surface area contributed by atoms with Crippen molar-refractivity contribution in [2.45, 2.75) is 51.4 Å². The lowest BCUT2D eigenvalue weighted by Gasteiger charge is -2.55. The minimum atomic E-state index is 0.00455. The van der Waals surface area contributed by atoms with Crippen molar-refractivity contribution in [2.75, 3.05) is 44.2 Å². The van der Waals surface area contributed by atoms with Gasteiger partial charge in [-0.05, 0) is 81.7 Å². The number of hydrogen-bond acceptors (Lipinski definition) is 5. The van der Waals surface area contributed by atoms with Gasteiger partial charge in [-0.3, -0.25) is 9.69 Å². The number of nitrogens with zero attached hydrogens (tertiary/aromatic N) is 4. The number of carbonyl (C=O) groups is 1. The van der Waals surface area contributed by atoms with E-state index < -0.39 is 0 Å². The summed E-state index contributed by atoms with van der Waals surface area (Å²) in [4.78, 5) is 26.5. The lowest BCUT2D eigenvalue weighted by atomic mass is 9.49. The van der Waals surface area contributed by atoms with Crippen LogP contribution in [0, 0.1) is 23.2 Å². The average molecular weight is 398 g/mol. The van der Waals surface area contributed by atoms with Gasteiger partial charge in [-0.1, -0.05) is 0 Å². The van der Waals surface area contributed by atoms with E-state index in [1.54, 1.807) is 0 Å². The molecular formula is C23H35N5O. The van der Waals surface area contributed by atoms with Crippen LogP contribution in [0.25, 0.3) is 0 Å². The van der Waals surface area contributed by atoms with E-state index in [1.807, 2.05) is 18.5 Å². The van der Waals surface area contributed by atoms with Gasteiger partial charge in [-0.2, -0.15) is 0 Å². The maximum absolute atomic E-state index is 13.0. The Morgan fingerprint density at radius 1 is 0.966 bits per heavy atom. The van der Waals surface area contributed by atoms with Crippen LogP contribution < -0.4 is 10.2 Å². The molecule has 1 saturated heterocycles. The van der Waals surface area contributed by atoms with E-state index in [0.717, 1.165) is 75.8 Å². The Kier molecular flexibility index (Phi) is 5.46. The van der Waals surface area contributed by atoms with E-state index in [4.69, 9.17) is 0 Å². The number of rotatable bonds is 7. The van der Waals surface area contributed by atoms with Crippen LogP contribution in [0.5, 0.6) is 0 Å². The van der Waals surface area contributed by atoms with Gasteiger partial charge in [-0.25, -0.2) is 9.97 Å². The average Bonchev–Trinajstić information content (AvgIpc) is 2.73. The summed E-state index contributed by atoms with van der Waals surface area (Å²) < 4.78 is 0. The minimum absolute atomic E-state index is 0.00455. The van der Waals surface area contributed by atoms with Crippen molar-refractivity contribution in [3.05, 3.63) is 18.5 Å². The summed E-state index contributed by atoms with van der Waals surface area (Å²) in [6.07, 6.45) is 13.6. The molecule has 1 aromatic heterocycles. The Morgan fingerprint density at radius 3 is 2.21 bits per heavy atom. The van der Waals surface area contributed by atoms with Gasteiger partial charge in [0.15, 0.2) is 0 Å². The third kappa shape index (κ3) is 4.14. The fourth-order valence-electron chi connectivity index (χ4n) is 6.86. The summed E-state index contributed by atoms with van der Waals surface area (Å²) >= 11 is 0. The second-order valence-electron chi connectivity index (χ2n) is 10.0. The highest BCUT2D eigenvalue weighted by Crippen LogP contribution is 2.60. The molecule has 0 aromatic carbocycles. The summed E-state index contributed by atoms with van der Waals surface area (Å²) in [6.45, 7) is 6.09. The van der Waals surface area contributed by atoms with Gasteiger partial charge < -0.3 is 10.2 Å². The fraction of sp³-hybridized carbons (Fsp3) is 0.783. The highest BCUT2D eigenvalue weighted by Gasteiger charge is 2.54. The van der Waals surface area contributed by atoms with Gasteiger partial charge in [0.05, 0.1) is 0 Å². The first kappa shape index (κ1) is 19.3. The minimum Gasteiger partial charge on any atom is -0.356 e. The van der Waals surface area contributed by atoms with Crippen molar-refractivity contribution in [1.82, 2.24) is 20.2 Å². The number of carbonyl (C=O) groups excluding carboxylic acids is 1.